The third-order valence-corrected chi connectivity index (χ3v) is 3.25. The normalized spacial score (nSPS) is 21.6. The molecule has 3 nitrogen and oxygen atoms in total. The molecule has 1 heterocycles. The van der Waals surface area contributed by atoms with Crippen LogP contribution >= 0.6 is 0 Å². The highest BCUT2D eigenvalue weighted by Crippen LogP contribution is 2.04. The highest BCUT2D eigenvalue weighted by molar-refractivity contribution is 5.14. The fraction of sp³-hybridized carbons (Fsp3) is 0.571. The maximum absolute atomic E-state index is 5.43. The Hall–Kier alpha value is -0.900. The van der Waals surface area contributed by atoms with Crippen molar-refractivity contribution in [2.75, 3.05) is 32.8 Å². The van der Waals surface area contributed by atoms with E-state index in [2.05, 4.69) is 47.5 Å². The lowest BCUT2D eigenvalue weighted by atomic mass is 10.2. The standard InChI is InChI=1S/C14H22N2O/c1-13-12-17-10-9-16(13)8-7-15-11-14-5-3-2-4-6-14/h2-6,13,15H,7-12H2,1H3. The maximum Gasteiger partial charge on any atom is 0.0619 e. The minimum atomic E-state index is 0.558. The summed E-state index contributed by atoms with van der Waals surface area (Å²) in [6, 6.07) is 11.1. The van der Waals surface area contributed by atoms with Gasteiger partial charge in [0.05, 0.1) is 13.2 Å². The van der Waals surface area contributed by atoms with Gasteiger partial charge in [-0.25, -0.2) is 0 Å². The van der Waals surface area contributed by atoms with Gasteiger partial charge in [0.25, 0.3) is 0 Å². The van der Waals surface area contributed by atoms with Gasteiger partial charge in [0.15, 0.2) is 0 Å². The van der Waals surface area contributed by atoms with Crippen LogP contribution in [0.1, 0.15) is 12.5 Å². The maximum atomic E-state index is 5.43. The number of hydrogen-bond donors (Lipinski definition) is 1. The molecule has 3 heteroatoms. The van der Waals surface area contributed by atoms with Gasteiger partial charge in [0.1, 0.15) is 0 Å². The predicted octanol–water partition coefficient (Wildman–Crippen LogP) is 1.50. The van der Waals surface area contributed by atoms with Crippen LogP contribution in [-0.4, -0.2) is 43.8 Å². The topological polar surface area (TPSA) is 24.5 Å². The van der Waals surface area contributed by atoms with Crippen molar-refractivity contribution in [3.63, 3.8) is 0 Å². The summed E-state index contributed by atoms with van der Waals surface area (Å²) in [7, 11) is 0. The molecule has 2 rings (SSSR count). The molecule has 0 aliphatic carbocycles. The van der Waals surface area contributed by atoms with E-state index in [0.717, 1.165) is 39.4 Å². The van der Waals surface area contributed by atoms with Gasteiger partial charge >= 0.3 is 0 Å². The summed E-state index contributed by atoms with van der Waals surface area (Å²) in [4.78, 5) is 2.49. The summed E-state index contributed by atoms with van der Waals surface area (Å²) < 4.78 is 5.43. The fourth-order valence-electron chi connectivity index (χ4n) is 2.14. The largest absolute Gasteiger partial charge is 0.379 e. The summed E-state index contributed by atoms with van der Waals surface area (Å²) in [5, 5.41) is 3.49. The van der Waals surface area contributed by atoms with Gasteiger partial charge in [-0.2, -0.15) is 0 Å². The van der Waals surface area contributed by atoms with Crippen LogP contribution in [0.4, 0.5) is 0 Å². The van der Waals surface area contributed by atoms with Crippen LogP contribution in [0, 0.1) is 0 Å². The summed E-state index contributed by atoms with van der Waals surface area (Å²) in [5.41, 5.74) is 1.35. The van der Waals surface area contributed by atoms with Crippen molar-refractivity contribution < 1.29 is 4.74 Å². The minimum Gasteiger partial charge on any atom is -0.379 e. The highest BCUT2D eigenvalue weighted by atomic mass is 16.5. The van der Waals surface area contributed by atoms with Gasteiger partial charge in [0, 0.05) is 32.2 Å². The molecule has 0 aromatic heterocycles. The first-order valence-electron chi connectivity index (χ1n) is 6.42. The number of benzene rings is 1. The average Bonchev–Trinajstić information content (AvgIpc) is 2.38. The van der Waals surface area contributed by atoms with Crippen LogP contribution in [-0.2, 0) is 11.3 Å². The lowest BCUT2D eigenvalue weighted by molar-refractivity contribution is 0.000405. The third kappa shape index (κ3) is 4.11. The zero-order chi connectivity index (χ0) is 11.9. The van der Waals surface area contributed by atoms with Crippen molar-refractivity contribution in [3.05, 3.63) is 35.9 Å². The third-order valence-electron chi connectivity index (χ3n) is 3.25. The molecule has 0 spiro atoms. The van der Waals surface area contributed by atoms with Crippen LogP contribution < -0.4 is 5.32 Å². The molecular formula is C14H22N2O. The van der Waals surface area contributed by atoms with Crippen LogP contribution in [0.3, 0.4) is 0 Å². The number of nitrogens with one attached hydrogen (secondary N) is 1. The van der Waals surface area contributed by atoms with E-state index in [9.17, 15) is 0 Å². The number of morpholine rings is 1. The van der Waals surface area contributed by atoms with Crippen molar-refractivity contribution >= 4 is 0 Å². The molecule has 1 aliphatic rings. The van der Waals surface area contributed by atoms with Crippen LogP contribution in [0.5, 0.6) is 0 Å². The molecule has 1 atom stereocenters. The van der Waals surface area contributed by atoms with Crippen LogP contribution in [0.25, 0.3) is 0 Å². The first kappa shape index (κ1) is 12.6. The minimum absolute atomic E-state index is 0.558. The average molecular weight is 234 g/mol. The van der Waals surface area contributed by atoms with Crippen molar-refractivity contribution in [1.29, 1.82) is 0 Å². The predicted molar refractivity (Wildman–Crippen MR) is 70.0 cm³/mol. The number of nitrogens with zero attached hydrogens (tertiary/aromatic N) is 1. The lowest BCUT2D eigenvalue weighted by Crippen LogP contribution is -2.46. The molecule has 0 radical (unpaired) electrons. The molecule has 1 unspecified atom stereocenters. The van der Waals surface area contributed by atoms with Crippen molar-refractivity contribution in [3.8, 4) is 0 Å². The van der Waals surface area contributed by atoms with E-state index in [1.807, 2.05) is 0 Å². The molecule has 17 heavy (non-hydrogen) atoms. The highest BCUT2D eigenvalue weighted by Gasteiger charge is 2.17. The molecule has 1 N–H and O–H groups in total. The van der Waals surface area contributed by atoms with Crippen molar-refractivity contribution in [2.24, 2.45) is 0 Å². The smallest absolute Gasteiger partial charge is 0.0619 e. The Morgan fingerprint density at radius 2 is 2.18 bits per heavy atom. The second kappa shape index (κ2) is 6.74. The van der Waals surface area contributed by atoms with Gasteiger partial charge in [-0.05, 0) is 12.5 Å². The van der Waals surface area contributed by atoms with Crippen molar-refractivity contribution in [1.82, 2.24) is 10.2 Å². The Morgan fingerprint density at radius 1 is 1.35 bits per heavy atom. The Bertz CT molecular complexity index is 315. The van der Waals surface area contributed by atoms with Gasteiger partial charge < -0.3 is 10.1 Å². The number of hydrogen-bond acceptors (Lipinski definition) is 3. The Morgan fingerprint density at radius 3 is 2.94 bits per heavy atom. The fourth-order valence-corrected chi connectivity index (χ4v) is 2.14. The summed E-state index contributed by atoms with van der Waals surface area (Å²) in [6.07, 6.45) is 0. The number of rotatable bonds is 5. The molecule has 1 saturated heterocycles. The van der Waals surface area contributed by atoms with Gasteiger partial charge in [-0.1, -0.05) is 30.3 Å². The van der Waals surface area contributed by atoms with Crippen molar-refractivity contribution in [2.45, 2.75) is 19.5 Å². The quantitative estimate of drug-likeness (QED) is 0.781. The molecule has 0 amide bonds. The second-order valence-electron chi connectivity index (χ2n) is 4.62. The van der Waals surface area contributed by atoms with E-state index in [1.54, 1.807) is 0 Å². The SMILES string of the molecule is CC1COCCN1CCNCc1ccccc1. The molecule has 0 bridgehead atoms. The van der Waals surface area contributed by atoms with Crippen LogP contribution in [0.15, 0.2) is 30.3 Å². The Labute approximate surface area is 104 Å². The molecule has 1 aromatic carbocycles. The Kier molecular flexibility index (Phi) is 4.98. The second-order valence-corrected chi connectivity index (χ2v) is 4.62. The first-order valence-corrected chi connectivity index (χ1v) is 6.42. The molecule has 94 valence electrons. The van der Waals surface area contributed by atoms with Gasteiger partial charge in [-0.3, -0.25) is 4.90 Å². The van der Waals surface area contributed by atoms with E-state index in [-0.39, 0.29) is 0 Å². The summed E-state index contributed by atoms with van der Waals surface area (Å²) >= 11 is 0. The first-order chi connectivity index (χ1) is 8.36. The summed E-state index contributed by atoms with van der Waals surface area (Å²) in [5.74, 6) is 0. The number of ether oxygens (including phenoxy) is 1. The van der Waals surface area contributed by atoms with E-state index in [1.165, 1.54) is 5.56 Å². The van der Waals surface area contributed by atoms with Gasteiger partial charge in [-0.15, -0.1) is 0 Å². The van der Waals surface area contributed by atoms with Gasteiger partial charge in [0.2, 0.25) is 0 Å². The van der Waals surface area contributed by atoms with Crippen LogP contribution in [0.2, 0.25) is 0 Å². The van der Waals surface area contributed by atoms with E-state index in [4.69, 9.17) is 4.74 Å². The molecule has 1 fully saturated rings. The lowest BCUT2D eigenvalue weighted by Gasteiger charge is -2.33. The van der Waals surface area contributed by atoms with E-state index >= 15 is 0 Å². The Balaban J connectivity index is 1.63. The van der Waals surface area contributed by atoms with E-state index < -0.39 is 0 Å². The zero-order valence-electron chi connectivity index (χ0n) is 10.6. The molecule has 0 saturated carbocycles. The summed E-state index contributed by atoms with van der Waals surface area (Å²) in [6.45, 7) is 8.16. The monoisotopic (exact) mass is 234 g/mol. The molecule has 1 aromatic rings. The molecular weight excluding hydrogens is 212 g/mol. The molecule has 1 aliphatic heterocycles. The van der Waals surface area contributed by atoms with E-state index in [0.29, 0.717) is 6.04 Å². The zero-order valence-corrected chi connectivity index (χ0v) is 10.6.